The molecule has 0 radical (unpaired) electrons. The number of aromatic nitrogens is 2. The van der Waals surface area contributed by atoms with Crippen LogP contribution in [0.15, 0.2) is 42.6 Å². The summed E-state index contributed by atoms with van der Waals surface area (Å²) in [5.74, 6) is 0.108. The van der Waals surface area contributed by atoms with Gasteiger partial charge in [0.2, 0.25) is 5.91 Å². The first-order valence-corrected chi connectivity index (χ1v) is 13.7. The van der Waals surface area contributed by atoms with Gasteiger partial charge in [-0.15, -0.1) is 0 Å². The largest absolute Gasteiger partial charge is 0.490 e. The van der Waals surface area contributed by atoms with Crippen LogP contribution < -0.4 is 10.5 Å². The summed E-state index contributed by atoms with van der Waals surface area (Å²) in [4.78, 5) is 17.1. The van der Waals surface area contributed by atoms with Gasteiger partial charge in [-0.3, -0.25) is 4.79 Å². The fraction of sp³-hybridized carbons (Fsp3) is 0.452. The monoisotopic (exact) mass is 532 g/mol. The number of rotatable bonds is 13. The van der Waals surface area contributed by atoms with Crippen molar-refractivity contribution < 1.29 is 19.7 Å². The van der Waals surface area contributed by atoms with Gasteiger partial charge in [-0.25, -0.2) is 4.98 Å². The molecular formula is C31H40N4O4. The van der Waals surface area contributed by atoms with Crippen LogP contribution in [0.25, 0.3) is 11.3 Å². The Hall–Kier alpha value is -3.67. The fourth-order valence-corrected chi connectivity index (χ4v) is 5.04. The van der Waals surface area contributed by atoms with Gasteiger partial charge in [0.05, 0.1) is 17.4 Å². The van der Waals surface area contributed by atoms with Crippen LogP contribution in [0.5, 0.6) is 5.75 Å². The summed E-state index contributed by atoms with van der Waals surface area (Å²) >= 11 is 0. The van der Waals surface area contributed by atoms with Crippen molar-refractivity contribution in [2.75, 3.05) is 6.61 Å². The lowest BCUT2D eigenvalue weighted by Crippen LogP contribution is -2.28. The van der Waals surface area contributed by atoms with Gasteiger partial charge in [-0.1, -0.05) is 38.1 Å². The highest BCUT2D eigenvalue weighted by molar-refractivity contribution is 5.95. The minimum Gasteiger partial charge on any atom is -0.490 e. The predicted molar refractivity (Wildman–Crippen MR) is 151 cm³/mol. The smallest absolute Gasteiger partial charge is 0.249 e. The van der Waals surface area contributed by atoms with E-state index in [1.165, 1.54) is 0 Å². The number of aryl methyl sites for hydroxylation is 1. The maximum absolute atomic E-state index is 12.3. The van der Waals surface area contributed by atoms with Crippen molar-refractivity contribution in [1.82, 2.24) is 9.55 Å². The van der Waals surface area contributed by atoms with Crippen LogP contribution in [0, 0.1) is 11.3 Å². The Morgan fingerprint density at radius 3 is 2.33 bits per heavy atom. The second-order valence-electron chi connectivity index (χ2n) is 10.1. The third-order valence-electron chi connectivity index (χ3n) is 7.27. The molecule has 1 amide bonds. The number of nitrogens with zero attached hydrogens (tertiary/aromatic N) is 3. The highest BCUT2D eigenvalue weighted by atomic mass is 16.5. The Labute approximate surface area is 231 Å². The number of aliphatic hydroxyl groups excluding tert-OH is 1. The van der Waals surface area contributed by atoms with E-state index in [4.69, 9.17) is 15.5 Å². The molecule has 1 aromatic heterocycles. The maximum atomic E-state index is 12.3. The molecule has 0 spiro atoms. The molecule has 3 rings (SSSR count). The third kappa shape index (κ3) is 6.49. The second-order valence-corrected chi connectivity index (χ2v) is 10.1. The average Bonchev–Trinajstić information content (AvgIpc) is 3.37. The standard InChI is InChI=1S/C31H40N4O4/c1-6-31(38,7-2)30-34-26(19-35(30)8-3)22-11-9-21(10-12-22)17-23(15-16-36)28-24(29(33)37)13-14-27(25(28)18-32)39-20(4)5/h9-14,19-20,23,36,38H,6-8,15-17H2,1-5H3,(H2,33,37). The molecule has 0 aliphatic carbocycles. The van der Waals surface area contributed by atoms with E-state index in [-0.39, 0.29) is 29.8 Å². The molecule has 0 saturated carbocycles. The summed E-state index contributed by atoms with van der Waals surface area (Å²) in [5.41, 5.74) is 8.43. The first-order valence-electron chi connectivity index (χ1n) is 13.7. The molecule has 4 N–H and O–H groups in total. The highest BCUT2D eigenvalue weighted by Crippen LogP contribution is 2.36. The van der Waals surface area contributed by atoms with Crippen LogP contribution in [0.3, 0.4) is 0 Å². The van der Waals surface area contributed by atoms with Gasteiger partial charge in [-0.2, -0.15) is 5.26 Å². The SMILES string of the molecule is CCn1cc(-c2ccc(CC(CCO)c3c(C(N)=O)ccc(OC(C)C)c3C#N)cc2)nc1C(O)(CC)CC. The number of carbonyl (C=O) groups excluding carboxylic acids is 1. The summed E-state index contributed by atoms with van der Waals surface area (Å²) in [6, 6.07) is 13.3. The van der Waals surface area contributed by atoms with E-state index < -0.39 is 11.5 Å². The number of ether oxygens (including phenoxy) is 1. The molecule has 0 aliphatic heterocycles. The van der Waals surface area contributed by atoms with Crippen molar-refractivity contribution in [3.05, 3.63) is 70.7 Å². The second kappa shape index (κ2) is 12.9. The Kier molecular flexibility index (Phi) is 9.90. The summed E-state index contributed by atoms with van der Waals surface area (Å²) in [6.07, 6.45) is 3.79. The molecule has 0 saturated heterocycles. The number of amides is 1. The minimum atomic E-state index is -0.976. The van der Waals surface area contributed by atoms with Gasteiger partial charge in [0, 0.05) is 30.5 Å². The van der Waals surface area contributed by atoms with Crippen molar-refractivity contribution in [3.8, 4) is 23.1 Å². The van der Waals surface area contributed by atoms with Crippen LogP contribution in [0.1, 0.15) is 92.7 Å². The van der Waals surface area contributed by atoms with Crippen molar-refractivity contribution in [3.63, 3.8) is 0 Å². The first-order chi connectivity index (χ1) is 18.6. The lowest BCUT2D eigenvalue weighted by atomic mass is 9.83. The zero-order valence-corrected chi connectivity index (χ0v) is 23.6. The summed E-state index contributed by atoms with van der Waals surface area (Å²) < 4.78 is 7.85. The number of nitriles is 1. The molecule has 1 heterocycles. The minimum absolute atomic E-state index is 0.115. The van der Waals surface area contributed by atoms with Gasteiger partial charge in [0.25, 0.3) is 0 Å². The lowest BCUT2D eigenvalue weighted by molar-refractivity contribution is 0.0161. The number of aliphatic hydroxyl groups is 2. The van der Waals surface area contributed by atoms with Crippen LogP contribution >= 0.6 is 0 Å². The average molecular weight is 533 g/mol. The molecule has 0 bridgehead atoms. The predicted octanol–water partition coefficient (Wildman–Crippen LogP) is 5.04. The van der Waals surface area contributed by atoms with Gasteiger partial charge in [0.1, 0.15) is 23.2 Å². The van der Waals surface area contributed by atoms with Gasteiger partial charge in [-0.05, 0) is 75.6 Å². The van der Waals surface area contributed by atoms with Gasteiger partial charge < -0.3 is 25.3 Å². The van der Waals surface area contributed by atoms with E-state index in [2.05, 4.69) is 6.07 Å². The maximum Gasteiger partial charge on any atom is 0.249 e. The zero-order chi connectivity index (χ0) is 28.7. The summed E-state index contributed by atoms with van der Waals surface area (Å²) in [5, 5.41) is 31.0. The van der Waals surface area contributed by atoms with Crippen LogP contribution in [-0.2, 0) is 18.6 Å². The van der Waals surface area contributed by atoms with E-state index >= 15 is 0 Å². The van der Waals surface area contributed by atoms with E-state index in [0.29, 0.717) is 49.4 Å². The Morgan fingerprint density at radius 1 is 1.15 bits per heavy atom. The third-order valence-corrected chi connectivity index (χ3v) is 7.27. The molecular weight excluding hydrogens is 492 g/mol. The topological polar surface area (TPSA) is 134 Å². The summed E-state index contributed by atoms with van der Waals surface area (Å²) in [7, 11) is 0. The van der Waals surface area contributed by atoms with Crippen molar-refractivity contribution >= 4 is 5.91 Å². The highest BCUT2D eigenvalue weighted by Gasteiger charge is 2.31. The van der Waals surface area contributed by atoms with E-state index in [0.717, 1.165) is 16.8 Å². The van der Waals surface area contributed by atoms with Crippen LogP contribution in [-0.4, -0.2) is 38.4 Å². The fourth-order valence-electron chi connectivity index (χ4n) is 5.04. The Morgan fingerprint density at radius 2 is 1.82 bits per heavy atom. The molecule has 208 valence electrons. The molecule has 1 unspecified atom stereocenters. The number of carbonyl (C=O) groups is 1. The molecule has 39 heavy (non-hydrogen) atoms. The lowest BCUT2D eigenvalue weighted by Gasteiger charge is -2.25. The molecule has 0 aliphatic rings. The van der Waals surface area contributed by atoms with Crippen molar-refractivity contribution in [1.29, 1.82) is 5.26 Å². The normalized spacial score (nSPS) is 12.4. The number of hydrogen-bond acceptors (Lipinski definition) is 6. The number of hydrogen-bond donors (Lipinski definition) is 3. The number of primary amides is 1. The van der Waals surface area contributed by atoms with E-state index in [9.17, 15) is 20.3 Å². The molecule has 8 nitrogen and oxygen atoms in total. The number of benzene rings is 2. The Bertz CT molecular complexity index is 1320. The Balaban J connectivity index is 1.99. The molecule has 2 aromatic carbocycles. The molecule has 1 atom stereocenters. The molecule has 0 fully saturated rings. The molecule has 3 aromatic rings. The summed E-state index contributed by atoms with van der Waals surface area (Å²) in [6.45, 7) is 10.3. The van der Waals surface area contributed by atoms with Crippen LogP contribution in [0.2, 0.25) is 0 Å². The van der Waals surface area contributed by atoms with Crippen molar-refractivity contribution in [2.24, 2.45) is 5.73 Å². The molecule has 8 heteroatoms. The zero-order valence-electron chi connectivity index (χ0n) is 23.6. The van der Waals surface area contributed by atoms with Gasteiger partial charge in [0.15, 0.2) is 0 Å². The van der Waals surface area contributed by atoms with E-state index in [1.54, 1.807) is 12.1 Å². The van der Waals surface area contributed by atoms with Crippen LogP contribution in [0.4, 0.5) is 0 Å². The quantitative estimate of drug-likeness (QED) is 0.282. The van der Waals surface area contributed by atoms with Crippen molar-refractivity contribution in [2.45, 2.75) is 84.5 Å². The van der Waals surface area contributed by atoms with E-state index in [1.807, 2.05) is 69.6 Å². The number of imidazole rings is 1. The van der Waals surface area contributed by atoms with Gasteiger partial charge >= 0.3 is 0 Å². The number of nitrogens with two attached hydrogens (primary N) is 1. The first kappa shape index (κ1) is 29.9.